The number of benzene rings is 1. The van der Waals surface area contributed by atoms with Crippen LogP contribution in [0.15, 0.2) is 18.2 Å². The van der Waals surface area contributed by atoms with Crippen LogP contribution in [0.4, 0.5) is 8.78 Å². The minimum absolute atomic E-state index is 0.0196. The Balaban J connectivity index is 2.39. The molecule has 1 saturated heterocycles. The average molecular weight is 169 g/mol. The molecule has 1 aromatic carbocycles. The van der Waals surface area contributed by atoms with Crippen LogP contribution in [0.5, 0.6) is 0 Å². The van der Waals surface area contributed by atoms with Crippen LogP contribution in [0.3, 0.4) is 0 Å². The van der Waals surface area contributed by atoms with Crippen molar-refractivity contribution in [3.05, 3.63) is 35.4 Å². The van der Waals surface area contributed by atoms with Crippen molar-refractivity contribution in [2.75, 3.05) is 13.1 Å². The maximum atomic E-state index is 13.1. The average Bonchev–Trinajstić information content (AvgIpc) is 1.93. The van der Waals surface area contributed by atoms with Crippen molar-refractivity contribution >= 4 is 0 Å². The van der Waals surface area contributed by atoms with Crippen molar-refractivity contribution < 1.29 is 8.78 Å². The molecule has 12 heavy (non-hydrogen) atoms. The second-order valence-corrected chi connectivity index (χ2v) is 2.99. The third-order valence-electron chi connectivity index (χ3n) is 2.19. The molecule has 64 valence electrons. The molecule has 0 bridgehead atoms. The van der Waals surface area contributed by atoms with Gasteiger partial charge in [-0.2, -0.15) is 0 Å². The quantitative estimate of drug-likeness (QED) is 0.674. The van der Waals surface area contributed by atoms with Gasteiger partial charge in [0.05, 0.1) is 0 Å². The van der Waals surface area contributed by atoms with Crippen LogP contribution in [-0.4, -0.2) is 13.1 Å². The van der Waals surface area contributed by atoms with E-state index in [1.54, 1.807) is 0 Å². The third-order valence-corrected chi connectivity index (χ3v) is 2.19. The summed E-state index contributed by atoms with van der Waals surface area (Å²) in [5, 5.41) is 2.98. The topological polar surface area (TPSA) is 12.0 Å². The molecule has 1 aromatic rings. The first-order chi connectivity index (χ1) is 5.79. The first-order valence-electron chi connectivity index (χ1n) is 3.93. The van der Waals surface area contributed by atoms with Crippen LogP contribution in [0.1, 0.15) is 11.5 Å². The normalized spacial score (nSPS) is 17.5. The van der Waals surface area contributed by atoms with E-state index in [0.29, 0.717) is 13.1 Å². The molecule has 1 nitrogen and oxygen atoms in total. The first-order valence-corrected chi connectivity index (χ1v) is 3.93. The van der Waals surface area contributed by atoms with E-state index in [1.165, 1.54) is 18.2 Å². The van der Waals surface area contributed by atoms with E-state index in [-0.39, 0.29) is 11.5 Å². The van der Waals surface area contributed by atoms with Gasteiger partial charge < -0.3 is 5.32 Å². The molecule has 1 aliphatic heterocycles. The van der Waals surface area contributed by atoms with Gasteiger partial charge in [-0.15, -0.1) is 0 Å². The highest BCUT2D eigenvalue weighted by Gasteiger charge is 2.24. The monoisotopic (exact) mass is 169 g/mol. The third kappa shape index (κ3) is 1.10. The fourth-order valence-corrected chi connectivity index (χ4v) is 1.39. The molecule has 1 fully saturated rings. The summed E-state index contributed by atoms with van der Waals surface area (Å²) in [7, 11) is 0. The Morgan fingerprint density at radius 1 is 1.17 bits per heavy atom. The van der Waals surface area contributed by atoms with Crippen LogP contribution in [0, 0.1) is 11.6 Å². The summed E-state index contributed by atoms with van der Waals surface area (Å²) in [5.41, 5.74) is 0.233. The molecule has 0 unspecified atom stereocenters. The smallest absolute Gasteiger partial charge is 0.129 e. The summed E-state index contributed by atoms with van der Waals surface area (Å²) in [6.45, 7) is 1.36. The Kier molecular flexibility index (Phi) is 1.81. The van der Waals surface area contributed by atoms with Crippen molar-refractivity contribution in [3.8, 4) is 0 Å². The van der Waals surface area contributed by atoms with E-state index in [1.807, 2.05) is 0 Å². The van der Waals surface area contributed by atoms with Gasteiger partial charge in [-0.1, -0.05) is 6.07 Å². The Morgan fingerprint density at radius 3 is 2.17 bits per heavy atom. The summed E-state index contributed by atoms with van der Waals surface area (Å²) in [4.78, 5) is 0. The molecule has 0 aromatic heterocycles. The molecule has 0 radical (unpaired) electrons. The van der Waals surface area contributed by atoms with Crippen molar-refractivity contribution in [3.63, 3.8) is 0 Å². The molecule has 0 aliphatic carbocycles. The van der Waals surface area contributed by atoms with Gasteiger partial charge in [0.15, 0.2) is 0 Å². The largest absolute Gasteiger partial charge is 0.315 e. The SMILES string of the molecule is Fc1cccc(F)c1C1CNC1. The number of halogens is 2. The fraction of sp³-hybridized carbons (Fsp3) is 0.333. The highest BCUT2D eigenvalue weighted by atomic mass is 19.1. The van der Waals surface area contributed by atoms with Gasteiger partial charge in [-0.05, 0) is 12.1 Å². The number of hydrogen-bond donors (Lipinski definition) is 1. The van der Waals surface area contributed by atoms with Crippen LogP contribution in [0.25, 0.3) is 0 Å². The van der Waals surface area contributed by atoms with E-state index in [2.05, 4.69) is 5.32 Å². The van der Waals surface area contributed by atoms with E-state index in [9.17, 15) is 8.78 Å². The minimum Gasteiger partial charge on any atom is -0.315 e. The summed E-state index contributed by atoms with van der Waals surface area (Å²) < 4.78 is 26.1. The predicted octanol–water partition coefficient (Wildman–Crippen LogP) is 1.65. The predicted molar refractivity (Wildman–Crippen MR) is 42.0 cm³/mol. The van der Waals surface area contributed by atoms with Gasteiger partial charge in [0.2, 0.25) is 0 Å². The minimum atomic E-state index is -0.429. The summed E-state index contributed by atoms with van der Waals surface area (Å²) in [5.74, 6) is -0.839. The molecule has 0 atom stereocenters. The second kappa shape index (κ2) is 2.83. The molecule has 1 heterocycles. The number of rotatable bonds is 1. The zero-order valence-electron chi connectivity index (χ0n) is 6.48. The van der Waals surface area contributed by atoms with Gasteiger partial charge in [-0.25, -0.2) is 8.78 Å². The van der Waals surface area contributed by atoms with E-state index in [0.717, 1.165) is 0 Å². The van der Waals surface area contributed by atoms with Gasteiger partial charge in [0.1, 0.15) is 11.6 Å². The van der Waals surface area contributed by atoms with Gasteiger partial charge in [0, 0.05) is 24.6 Å². The van der Waals surface area contributed by atoms with Crippen molar-refractivity contribution in [1.29, 1.82) is 0 Å². The van der Waals surface area contributed by atoms with E-state index >= 15 is 0 Å². The lowest BCUT2D eigenvalue weighted by molar-refractivity contribution is 0.411. The van der Waals surface area contributed by atoms with Crippen LogP contribution >= 0.6 is 0 Å². The number of nitrogens with one attached hydrogen (secondary N) is 1. The van der Waals surface area contributed by atoms with Gasteiger partial charge in [-0.3, -0.25) is 0 Å². The lowest BCUT2D eigenvalue weighted by Crippen LogP contribution is -2.40. The van der Waals surface area contributed by atoms with Gasteiger partial charge >= 0.3 is 0 Å². The summed E-state index contributed by atoms with van der Waals surface area (Å²) >= 11 is 0. The maximum Gasteiger partial charge on any atom is 0.129 e. The fourth-order valence-electron chi connectivity index (χ4n) is 1.39. The van der Waals surface area contributed by atoms with E-state index < -0.39 is 11.6 Å². The first kappa shape index (κ1) is 7.68. The lowest BCUT2D eigenvalue weighted by atomic mass is 9.93. The Bertz CT molecular complexity index is 274. The lowest BCUT2D eigenvalue weighted by Gasteiger charge is -2.27. The number of hydrogen-bond acceptors (Lipinski definition) is 1. The second-order valence-electron chi connectivity index (χ2n) is 2.99. The van der Waals surface area contributed by atoms with Crippen LogP contribution in [-0.2, 0) is 0 Å². The highest BCUT2D eigenvalue weighted by molar-refractivity contribution is 5.26. The summed E-state index contributed by atoms with van der Waals surface area (Å²) in [6.07, 6.45) is 0. The Labute approximate surface area is 69.4 Å². The molecule has 1 N–H and O–H groups in total. The standard InChI is InChI=1S/C9H9F2N/c10-7-2-1-3-8(11)9(7)6-4-12-5-6/h1-3,6,12H,4-5H2. The molecule has 3 heteroatoms. The van der Waals surface area contributed by atoms with Crippen LogP contribution < -0.4 is 5.32 Å². The van der Waals surface area contributed by atoms with Gasteiger partial charge in [0.25, 0.3) is 0 Å². The summed E-state index contributed by atoms with van der Waals surface area (Å²) in [6, 6.07) is 3.99. The Hall–Kier alpha value is -0.960. The van der Waals surface area contributed by atoms with Crippen LogP contribution in [0.2, 0.25) is 0 Å². The molecule has 1 aliphatic rings. The zero-order valence-corrected chi connectivity index (χ0v) is 6.48. The molecule has 0 spiro atoms. The molecule has 0 amide bonds. The van der Waals surface area contributed by atoms with Crippen molar-refractivity contribution in [2.24, 2.45) is 0 Å². The molecular formula is C9H9F2N. The molecular weight excluding hydrogens is 160 g/mol. The highest BCUT2D eigenvalue weighted by Crippen LogP contribution is 2.25. The van der Waals surface area contributed by atoms with Crippen molar-refractivity contribution in [1.82, 2.24) is 5.32 Å². The Morgan fingerprint density at radius 2 is 1.75 bits per heavy atom. The molecule has 2 rings (SSSR count). The van der Waals surface area contributed by atoms with E-state index in [4.69, 9.17) is 0 Å². The maximum absolute atomic E-state index is 13.1. The van der Waals surface area contributed by atoms with Crippen molar-refractivity contribution in [2.45, 2.75) is 5.92 Å². The molecule has 0 saturated carbocycles. The zero-order chi connectivity index (χ0) is 8.55.